The molecule has 0 aromatic heterocycles. The number of methoxy groups -OCH3 is 5. The fourth-order valence-electron chi connectivity index (χ4n) is 3.93. The first-order valence-corrected chi connectivity index (χ1v) is 10.2. The molecule has 0 aliphatic carbocycles. The van der Waals surface area contributed by atoms with Gasteiger partial charge in [-0.05, 0) is 23.8 Å². The number of hydrogen-bond donors (Lipinski definition) is 1. The molecular weight excluding hydrogens is 400 g/mol. The van der Waals surface area contributed by atoms with Gasteiger partial charge in [0.1, 0.15) is 0 Å². The summed E-state index contributed by atoms with van der Waals surface area (Å²) in [5, 5.41) is 10.1. The fourth-order valence-corrected chi connectivity index (χ4v) is 3.93. The van der Waals surface area contributed by atoms with Crippen LogP contribution in [0.4, 0.5) is 0 Å². The first kappa shape index (κ1) is 22.8. The summed E-state index contributed by atoms with van der Waals surface area (Å²) in [6.07, 6.45) is 0. The summed E-state index contributed by atoms with van der Waals surface area (Å²) in [7, 11) is 7.98. The molecule has 8 heteroatoms. The van der Waals surface area contributed by atoms with Crippen molar-refractivity contribution in [1.29, 1.82) is 0 Å². The smallest absolute Gasteiger partial charge is 0.203 e. The molecule has 2 aromatic rings. The fraction of sp³-hybridized carbons (Fsp3) is 0.478. The Hall–Kier alpha value is -2.84. The standard InChI is InChI=1S/C23H32N2O6/c1-27-18-7-6-17(22(30-4)23(18)31-5)15-25-10-8-24(9-11-25)14-16-12-19(28-2)21(26)20(13-16)29-3/h6-7,12-13,26H,8-11,14-15H2,1-5H3. The summed E-state index contributed by atoms with van der Waals surface area (Å²) in [4.78, 5) is 4.78. The Morgan fingerprint density at radius 3 is 1.68 bits per heavy atom. The lowest BCUT2D eigenvalue weighted by molar-refractivity contribution is 0.121. The molecule has 0 atom stereocenters. The van der Waals surface area contributed by atoms with E-state index in [-0.39, 0.29) is 5.75 Å². The van der Waals surface area contributed by atoms with Gasteiger partial charge in [0.25, 0.3) is 0 Å². The van der Waals surface area contributed by atoms with E-state index in [0.717, 1.165) is 50.4 Å². The normalized spacial score (nSPS) is 14.9. The van der Waals surface area contributed by atoms with Gasteiger partial charge < -0.3 is 28.8 Å². The molecule has 1 aliphatic rings. The maximum atomic E-state index is 10.1. The van der Waals surface area contributed by atoms with Crippen LogP contribution < -0.4 is 23.7 Å². The summed E-state index contributed by atoms with van der Waals surface area (Å²) >= 11 is 0. The van der Waals surface area contributed by atoms with Crippen LogP contribution in [0.1, 0.15) is 11.1 Å². The summed E-state index contributed by atoms with van der Waals surface area (Å²) in [6, 6.07) is 7.66. The maximum absolute atomic E-state index is 10.1. The van der Waals surface area contributed by atoms with Crippen LogP contribution >= 0.6 is 0 Å². The highest BCUT2D eigenvalue weighted by Crippen LogP contribution is 2.40. The van der Waals surface area contributed by atoms with Crippen molar-refractivity contribution >= 4 is 0 Å². The van der Waals surface area contributed by atoms with E-state index < -0.39 is 0 Å². The third kappa shape index (κ3) is 5.08. The molecule has 2 aromatic carbocycles. The second-order valence-corrected chi connectivity index (χ2v) is 7.39. The van der Waals surface area contributed by atoms with Crippen LogP contribution in [0.2, 0.25) is 0 Å². The molecule has 0 unspecified atom stereocenters. The third-order valence-electron chi connectivity index (χ3n) is 5.59. The van der Waals surface area contributed by atoms with Crippen molar-refractivity contribution in [1.82, 2.24) is 9.80 Å². The lowest BCUT2D eigenvalue weighted by atomic mass is 10.1. The van der Waals surface area contributed by atoms with Crippen LogP contribution in [-0.4, -0.2) is 76.6 Å². The highest BCUT2D eigenvalue weighted by molar-refractivity contribution is 5.56. The van der Waals surface area contributed by atoms with Crippen molar-refractivity contribution in [2.24, 2.45) is 0 Å². The van der Waals surface area contributed by atoms with Crippen molar-refractivity contribution in [2.45, 2.75) is 13.1 Å². The van der Waals surface area contributed by atoms with Crippen molar-refractivity contribution < 1.29 is 28.8 Å². The summed E-state index contributed by atoms with van der Waals surface area (Å²) in [6.45, 7) is 5.27. The van der Waals surface area contributed by atoms with Crippen LogP contribution in [0.5, 0.6) is 34.5 Å². The number of phenols is 1. The van der Waals surface area contributed by atoms with Gasteiger partial charge in [-0.2, -0.15) is 0 Å². The highest BCUT2D eigenvalue weighted by Gasteiger charge is 2.22. The van der Waals surface area contributed by atoms with Crippen LogP contribution in [-0.2, 0) is 13.1 Å². The van der Waals surface area contributed by atoms with Gasteiger partial charge in [0.2, 0.25) is 11.5 Å². The van der Waals surface area contributed by atoms with Gasteiger partial charge in [0, 0.05) is 44.8 Å². The van der Waals surface area contributed by atoms with Gasteiger partial charge in [-0.15, -0.1) is 0 Å². The van der Waals surface area contributed by atoms with Crippen LogP contribution in [0, 0.1) is 0 Å². The number of hydrogen-bond acceptors (Lipinski definition) is 8. The quantitative estimate of drug-likeness (QED) is 0.649. The minimum atomic E-state index is 0.0300. The van der Waals surface area contributed by atoms with E-state index in [4.69, 9.17) is 23.7 Å². The Balaban J connectivity index is 1.63. The molecule has 170 valence electrons. The largest absolute Gasteiger partial charge is 0.502 e. The molecule has 0 spiro atoms. The summed E-state index contributed by atoms with van der Waals surface area (Å²) in [5.74, 6) is 2.88. The van der Waals surface area contributed by atoms with Gasteiger partial charge in [-0.3, -0.25) is 9.80 Å². The first-order chi connectivity index (χ1) is 15.0. The zero-order valence-electron chi connectivity index (χ0n) is 18.9. The molecule has 1 heterocycles. The van der Waals surface area contributed by atoms with Crippen molar-refractivity contribution in [3.05, 3.63) is 35.4 Å². The molecule has 0 radical (unpaired) electrons. The number of benzene rings is 2. The molecule has 0 bridgehead atoms. The number of piperazine rings is 1. The Morgan fingerprint density at radius 2 is 1.19 bits per heavy atom. The Bertz CT molecular complexity index is 856. The zero-order valence-corrected chi connectivity index (χ0v) is 18.9. The topological polar surface area (TPSA) is 72.9 Å². The average molecular weight is 433 g/mol. The molecule has 1 saturated heterocycles. The van der Waals surface area contributed by atoms with E-state index in [1.807, 2.05) is 24.3 Å². The van der Waals surface area contributed by atoms with Gasteiger partial charge in [0.05, 0.1) is 35.5 Å². The molecule has 3 rings (SSSR count). The third-order valence-corrected chi connectivity index (χ3v) is 5.59. The molecule has 1 N–H and O–H groups in total. The second-order valence-electron chi connectivity index (χ2n) is 7.39. The number of aromatic hydroxyl groups is 1. The van der Waals surface area contributed by atoms with E-state index in [2.05, 4.69) is 9.80 Å². The van der Waals surface area contributed by atoms with Crippen LogP contribution in [0.3, 0.4) is 0 Å². The van der Waals surface area contributed by atoms with E-state index in [0.29, 0.717) is 28.7 Å². The highest BCUT2D eigenvalue weighted by atomic mass is 16.5. The van der Waals surface area contributed by atoms with E-state index >= 15 is 0 Å². The summed E-state index contributed by atoms with van der Waals surface area (Å²) < 4.78 is 27.0. The lowest BCUT2D eigenvalue weighted by Gasteiger charge is -2.35. The lowest BCUT2D eigenvalue weighted by Crippen LogP contribution is -2.45. The second kappa shape index (κ2) is 10.5. The minimum Gasteiger partial charge on any atom is -0.502 e. The van der Waals surface area contributed by atoms with Gasteiger partial charge >= 0.3 is 0 Å². The molecule has 8 nitrogen and oxygen atoms in total. The number of ether oxygens (including phenoxy) is 5. The van der Waals surface area contributed by atoms with Gasteiger partial charge in [-0.1, -0.05) is 6.07 Å². The predicted octanol–water partition coefficient (Wildman–Crippen LogP) is 2.75. The Morgan fingerprint density at radius 1 is 0.677 bits per heavy atom. The van der Waals surface area contributed by atoms with Crippen LogP contribution in [0.15, 0.2) is 24.3 Å². The Kier molecular flexibility index (Phi) is 7.70. The average Bonchev–Trinajstić information content (AvgIpc) is 2.80. The zero-order chi connectivity index (χ0) is 22.4. The van der Waals surface area contributed by atoms with Crippen molar-refractivity contribution in [3.8, 4) is 34.5 Å². The first-order valence-electron chi connectivity index (χ1n) is 10.2. The minimum absolute atomic E-state index is 0.0300. The molecule has 1 aliphatic heterocycles. The van der Waals surface area contributed by atoms with Gasteiger partial charge in [-0.25, -0.2) is 0 Å². The van der Waals surface area contributed by atoms with E-state index in [1.165, 1.54) is 0 Å². The van der Waals surface area contributed by atoms with E-state index in [1.54, 1.807) is 35.5 Å². The Labute approximate surface area is 183 Å². The molecule has 0 amide bonds. The molecule has 1 fully saturated rings. The maximum Gasteiger partial charge on any atom is 0.203 e. The predicted molar refractivity (Wildman–Crippen MR) is 118 cm³/mol. The number of phenolic OH excluding ortho intramolecular Hbond substituents is 1. The number of nitrogens with zero attached hydrogens (tertiary/aromatic N) is 2. The van der Waals surface area contributed by atoms with Crippen molar-refractivity contribution in [2.75, 3.05) is 61.7 Å². The monoisotopic (exact) mass is 432 g/mol. The van der Waals surface area contributed by atoms with Gasteiger partial charge in [0.15, 0.2) is 23.0 Å². The molecular formula is C23H32N2O6. The molecule has 0 saturated carbocycles. The van der Waals surface area contributed by atoms with E-state index in [9.17, 15) is 5.11 Å². The SMILES string of the molecule is COc1cc(CN2CCN(Cc3ccc(OC)c(OC)c3OC)CC2)cc(OC)c1O. The number of rotatable bonds is 9. The van der Waals surface area contributed by atoms with Crippen LogP contribution in [0.25, 0.3) is 0 Å². The summed E-state index contributed by atoms with van der Waals surface area (Å²) in [5.41, 5.74) is 2.11. The molecule has 31 heavy (non-hydrogen) atoms. The van der Waals surface area contributed by atoms with Crippen molar-refractivity contribution in [3.63, 3.8) is 0 Å².